The van der Waals surface area contributed by atoms with Gasteiger partial charge in [-0.2, -0.15) is 26.3 Å². The second kappa shape index (κ2) is 8.14. The first kappa shape index (κ1) is 22.9. The van der Waals surface area contributed by atoms with Crippen LogP contribution in [0.5, 0.6) is 0 Å². The van der Waals surface area contributed by atoms with Crippen LogP contribution < -0.4 is 0 Å². The Bertz CT molecular complexity index is 939. The molecule has 0 aliphatic carbocycles. The highest BCUT2D eigenvalue weighted by molar-refractivity contribution is 6.30. The van der Waals surface area contributed by atoms with Crippen LogP contribution in [0.1, 0.15) is 39.9 Å². The molecule has 0 spiro atoms. The number of carbonyl (C=O) groups is 1. The first-order valence-corrected chi connectivity index (χ1v) is 8.20. The van der Waals surface area contributed by atoms with Crippen molar-refractivity contribution in [3.8, 4) is 0 Å². The summed E-state index contributed by atoms with van der Waals surface area (Å²) < 4.78 is 107. The topological polar surface area (TPSA) is 17.1 Å². The molecule has 1 nitrogen and oxygen atoms in total. The van der Waals surface area contributed by atoms with Crippen molar-refractivity contribution in [2.24, 2.45) is 0 Å². The maximum Gasteiger partial charge on any atom is 0.417 e. The molecule has 156 valence electrons. The summed E-state index contributed by atoms with van der Waals surface area (Å²) in [5, 5.41) is -0.367. The van der Waals surface area contributed by atoms with Crippen molar-refractivity contribution in [2.45, 2.75) is 25.2 Å². The molecule has 0 amide bonds. The molecule has 0 aliphatic rings. The van der Waals surface area contributed by atoms with Crippen molar-refractivity contribution in [1.82, 2.24) is 0 Å². The Labute approximate surface area is 164 Å². The van der Waals surface area contributed by atoms with E-state index in [-0.39, 0.29) is 17.2 Å². The lowest BCUT2D eigenvalue weighted by molar-refractivity contribution is -0.140. The molecule has 29 heavy (non-hydrogen) atoms. The maximum atomic E-state index is 14.5. The Morgan fingerprint density at radius 3 is 2.14 bits per heavy atom. The summed E-state index contributed by atoms with van der Waals surface area (Å²) in [6.45, 7) is 0.865. The van der Waals surface area contributed by atoms with E-state index < -0.39 is 58.0 Å². The van der Waals surface area contributed by atoms with E-state index in [0.29, 0.717) is 12.1 Å². The molecule has 1 unspecified atom stereocenters. The second-order valence-corrected chi connectivity index (χ2v) is 6.49. The summed E-state index contributed by atoms with van der Waals surface area (Å²) >= 11 is 5.54. The Morgan fingerprint density at radius 1 is 1.03 bits per heavy atom. The molecule has 0 saturated heterocycles. The zero-order chi connectivity index (χ0) is 22.1. The molecule has 1 atom stereocenters. The van der Waals surface area contributed by atoms with E-state index in [4.69, 9.17) is 11.6 Å². The molecule has 2 rings (SSSR count). The Hall–Kier alpha value is -2.42. The first-order valence-electron chi connectivity index (χ1n) is 7.82. The summed E-state index contributed by atoms with van der Waals surface area (Å²) in [7, 11) is 0. The summed E-state index contributed by atoms with van der Waals surface area (Å²) in [6.07, 6.45) is -10.1. The molecule has 0 aromatic heterocycles. The normalized spacial score (nSPS) is 14.1. The number of alkyl halides is 6. The van der Waals surface area contributed by atoms with Gasteiger partial charge in [0.15, 0.2) is 5.78 Å². The Morgan fingerprint density at radius 2 is 1.66 bits per heavy atom. The predicted octanol–water partition coefficient (Wildman–Crippen LogP) is 7.36. The highest BCUT2D eigenvalue weighted by Gasteiger charge is 2.40. The van der Waals surface area contributed by atoms with Gasteiger partial charge in [-0.25, -0.2) is 8.78 Å². The van der Waals surface area contributed by atoms with Gasteiger partial charge in [-0.3, -0.25) is 4.79 Å². The van der Waals surface area contributed by atoms with E-state index in [1.165, 1.54) is 0 Å². The largest absolute Gasteiger partial charge is 0.417 e. The van der Waals surface area contributed by atoms with E-state index >= 15 is 0 Å². The van der Waals surface area contributed by atoms with Crippen LogP contribution in [0.3, 0.4) is 0 Å². The van der Waals surface area contributed by atoms with Crippen LogP contribution in [0.4, 0.5) is 35.1 Å². The van der Waals surface area contributed by atoms with Gasteiger partial charge in [0.05, 0.1) is 5.56 Å². The minimum Gasteiger partial charge on any atom is -0.294 e. The molecule has 10 heteroatoms. The lowest BCUT2D eigenvalue weighted by Crippen LogP contribution is -2.19. The second-order valence-electron chi connectivity index (χ2n) is 6.05. The number of allylic oxidation sites excluding steroid dienone is 1. The van der Waals surface area contributed by atoms with Crippen molar-refractivity contribution in [2.75, 3.05) is 0 Å². The lowest BCUT2D eigenvalue weighted by Gasteiger charge is -2.18. The average molecular weight is 443 g/mol. The standard InChI is InChI=1S/C19H11ClF8O/c1-9(29)14-3-2-10(6-16(14)19(26,27)28)17(22)8-15(18(23,24)25)11-4-12(20)7-13(21)5-11/h2-8,15H,1H3/b17-8-. The highest BCUT2D eigenvalue weighted by atomic mass is 35.5. The molecule has 0 bridgehead atoms. The fourth-order valence-electron chi connectivity index (χ4n) is 2.61. The van der Waals surface area contributed by atoms with Crippen LogP contribution in [0.15, 0.2) is 42.5 Å². The van der Waals surface area contributed by atoms with E-state index in [2.05, 4.69) is 0 Å². The SMILES string of the molecule is CC(=O)c1ccc(/C(F)=C/C(c2cc(F)cc(Cl)c2)C(F)(F)F)cc1C(F)(F)F. The smallest absolute Gasteiger partial charge is 0.294 e. The van der Waals surface area contributed by atoms with Gasteiger partial charge in [-0.15, -0.1) is 0 Å². The third-order valence-corrected chi connectivity index (χ3v) is 4.11. The van der Waals surface area contributed by atoms with Gasteiger partial charge in [-0.1, -0.05) is 23.7 Å². The van der Waals surface area contributed by atoms with Crippen LogP contribution in [-0.4, -0.2) is 12.0 Å². The summed E-state index contributed by atoms with van der Waals surface area (Å²) in [4.78, 5) is 11.3. The molecule has 0 heterocycles. The fraction of sp³-hybridized carbons (Fsp3) is 0.211. The molecule has 0 radical (unpaired) electrons. The van der Waals surface area contributed by atoms with Crippen LogP contribution in [0.25, 0.3) is 5.83 Å². The lowest BCUT2D eigenvalue weighted by atomic mass is 9.95. The first-order chi connectivity index (χ1) is 13.2. The molecule has 2 aromatic rings. The van der Waals surface area contributed by atoms with E-state index in [1.807, 2.05) is 0 Å². The minimum absolute atomic E-state index is 0.0219. The number of hydrogen-bond acceptors (Lipinski definition) is 1. The van der Waals surface area contributed by atoms with Crippen LogP contribution in [-0.2, 0) is 6.18 Å². The number of hydrogen-bond donors (Lipinski definition) is 0. The number of benzene rings is 2. The zero-order valence-corrected chi connectivity index (χ0v) is 15.2. The quantitative estimate of drug-likeness (QED) is 0.357. The highest BCUT2D eigenvalue weighted by Crippen LogP contribution is 2.40. The minimum atomic E-state index is -5.08. The fourth-order valence-corrected chi connectivity index (χ4v) is 2.84. The van der Waals surface area contributed by atoms with Gasteiger partial charge in [-0.05, 0) is 42.8 Å². The molecule has 2 aromatic carbocycles. The van der Waals surface area contributed by atoms with Crippen LogP contribution >= 0.6 is 11.6 Å². The Kier molecular flexibility index (Phi) is 6.42. The van der Waals surface area contributed by atoms with Gasteiger partial charge >= 0.3 is 12.4 Å². The van der Waals surface area contributed by atoms with Crippen LogP contribution in [0, 0.1) is 5.82 Å². The van der Waals surface area contributed by atoms with Gasteiger partial charge in [0.25, 0.3) is 0 Å². The van der Waals surface area contributed by atoms with Gasteiger partial charge in [0.2, 0.25) is 0 Å². The third-order valence-electron chi connectivity index (χ3n) is 3.89. The number of Topliss-reactive ketones (excluding diaryl/α,β-unsaturated/α-hetero) is 1. The van der Waals surface area contributed by atoms with E-state index in [9.17, 15) is 39.9 Å². The van der Waals surface area contributed by atoms with Gasteiger partial charge in [0, 0.05) is 16.1 Å². The van der Waals surface area contributed by atoms with E-state index in [0.717, 1.165) is 25.1 Å². The number of halogens is 9. The van der Waals surface area contributed by atoms with Crippen molar-refractivity contribution < 1.29 is 39.9 Å². The van der Waals surface area contributed by atoms with Crippen molar-refractivity contribution in [3.05, 3.63) is 75.6 Å². The van der Waals surface area contributed by atoms with E-state index in [1.54, 1.807) is 0 Å². The maximum absolute atomic E-state index is 14.5. The zero-order valence-electron chi connectivity index (χ0n) is 14.4. The molecule has 0 N–H and O–H groups in total. The van der Waals surface area contributed by atoms with Gasteiger partial charge in [0.1, 0.15) is 17.6 Å². The average Bonchev–Trinajstić information content (AvgIpc) is 2.56. The molecule has 0 fully saturated rings. The third kappa shape index (κ3) is 5.56. The summed E-state index contributed by atoms with van der Waals surface area (Å²) in [5.41, 5.74) is -3.78. The predicted molar refractivity (Wildman–Crippen MR) is 90.7 cm³/mol. The van der Waals surface area contributed by atoms with Crippen molar-refractivity contribution in [1.29, 1.82) is 0 Å². The summed E-state index contributed by atoms with van der Waals surface area (Å²) in [6, 6.07) is 3.68. The number of carbonyl (C=O) groups excluding carboxylic acids is 1. The van der Waals surface area contributed by atoms with Crippen molar-refractivity contribution in [3.63, 3.8) is 0 Å². The molecule has 0 aliphatic heterocycles. The van der Waals surface area contributed by atoms with Crippen molar-refractivity contribution >= 4 is 23.2 Å². The van der Waals surface area contributed by atoms with Crippen LogP contribution in [0.2, 0.25) is 5.02 Å². The Balaban J connectivity index is 2.60. The number of rotatable bonds is 4. The molecule has 0 saturated carbocycles. The monoisotopic (exact) mass is 442 g/mol. The molecular formula is C19H11ClF8O. The summed E-state index contributed by atoms with van der Waals surface area (Å²) in [5.74, 6) is -6.35. The van der Waals surface area contributed by atoms with Gasteiger partial charge < -0.3 is 0 Å². The number of ketones is 1. The molecular weight excluding hydrogens is 432 g/mol.